The molecule has 0 bridgehead atoms. The molecule has 1 aromatic carbocycles. The van der Waals surface area contributed by atoms with E-state index in [4.69, 9.17) is 0 Å². The molecule has 28 heavy (non-hydrogen) atoms. The van der Waals surface area contributed by atoms with Crippen LogP contribution in [0.5, 0.6) is 0 Å². The van der Waals surface area contributed by atoms with Crippen LogP contribution in [-0.2, 0) is 14.6 Å². The standard InChI is InChI=1S/C19H21N5O3S/c1-10-4-7-13(15(8-10)28(3,26)27)22-14-9-16(24-19(25)12-5-6-12)23-18-17(14)20-11(2)21-18/h4,7-9,12H,5-6H2,1-3H3,(H3,20,21,22,23,24,25). The predicted molar refractivity (Wildman–Crippen MR) is 108 cm³/mol. The number of amides is 1. The van der Waals surface area contributed by atoms with Crippen molar-refractivity contribution in [2.24, 2.45) is 5.92 Å². The number of hydrogen-bond donors (Lipinski definition) is 3. The summed E-state index contributed by atoms with van der Waals surface area (Å²) in [6.07, 6.45) is 2.96. The van der Waals surface area contributed by atoms with E-state index in [-0.39, 0.29) is 16.7 Å². The fourth-order valence-corrected chi connectivity index (χ4v) is 3.94. The van der Waals surface area contributed by atoms with Crippen molar-refractivity contribution in [2.45, 2.75) is 31.6 Å². The van der Waals surface area contributed by atoms with Crippen molar-refractivity contribution in [2.75, 3.05) is 16.9 Å². The molecule has 0 aliphatic heterocycles. The van der Waals surface area contributed by atoms with Crippen LogP contribution in [-0.4, -0.2) is 35.5 Å². The summed E-state index contributed by atoms with van der Waals surface area (Å²) in [5.41, 5.74) is 2.94. The molecule has 146 valence electrons. The summed E-state index contributed by atoms with van der Waals surface area (Å²) in [5.74, 6) is 1.06. The Bertz CT molecular complexity index is 1200. The summed E-state index contributed by atoms with van der Waals surface area (Å²) < 4.78 is 24.5. The summed E-state index contributed by atoms with van der Waals surface area (Å²) >= 11 is 0. The lowest BCUT2D eigenvalue weighted by atomic mass is 10.2. The Morgan fingerprint density at radius 3 is 2.57 bits per heavy atom. The molecular weight excluding hydrogens is 378 g/mol. The Balaban J connectivity index is 1.79. The summed E-state index contributed by atoms with van der Waals surface area (Å²) in [5, 5.41) is 6.00. The molecule has 1 fully saturated rings. The first-order chi connectivity index (χ1) is 13.2. The van der Waals surface area contributed by atoms with Gasteiger partial charge >= 0.3 is 0 Å². The van der Waals surface area contributed by atoms with Gasteiger partial charge in [0.1, 0.15) is 17.2 Å². The van der Waals surface area contributed by atoms with Crippen LogP contribution in [0.1, 0.15) is 24.2 Å². The van der Waals surface area contributed by atoms with Gasteiger partial charge in [0.05, 0.1) is 16.3 Å². The molecule has 4 rings (SSSR count). The van der Waals surface area contributed by atoms with E-state index >= 15 is 0 Å². The number of carbonyl (C=O) groups is 1. The molecule has 0 spiro atoms. The maximum Gasteiger partial charge on any atom is 0.228 e. The Morgan fingerprint density at radius 1 is 1.14 bits per heavy atom. The minimum absolute atomic E-state index is 0.0475. The first-order valence-corrected chi connectivity index (χ1v) is 10.9. The number of benzene rings is 1. The molecule has 1 aliphatic carbocycles. The third-order valence-corrected chi connectivity index (χ3v) is 5.71. The van der Waals surface area contributed by atoms with Crippen molar-refractivity contribution in [3.05, 3.63) is 35.7 Å². The zero-order valence-electron chi connectivity index (χ0n) is 15.8. The summed E-state index contributed by atoms with van der Waals surface area (Å²) in [7, 11) is -3.43. The highest BCUT2D eigenvalue weighted by Crippen LogP contribution is 2.33. The number of imidazole rings is 1. The number of sulfone groups is 1. The van der Waals surface area contributed by atoms with Gasteiger partial charge < -0.3 is 15.6 Å². The third-order valence-electron chi connectivity index (χ3n) is 4.58. The van der Waals surface area contributed by atoms with Crippen molar-refractivity contribution in [3.63, 3.8) is 0 Å². The minimum atomic E-state index is -3.43. The first-order valence-electron chi connectivity index (χ1n) is 8.96. The number of aromatic amines is 1. The second-order valence-corrected chi connectivity index (χ2v) is 9.22. The molecule has 1 aliphatic rings. The van der Waals surface area contributed by atoms with Gasteiger partial charge in [-0.15, -0.1) is 0 Å². The number of hydrogen-bond acceptors (Lipinski definition) is 6. The van der Waals surface area contributed by atoms with E-state index < -0.39 is 9.84 Å². The van der Waals surface area contributed by atoms with Crippen LogP contribution in [0.15, 0.2) is 29.2 Å². The summed E-state index contributed by atoms with van der Waals surface area (Å²) in [6.45, 7) is 3.65. The first kappa shape index (κ1) is 18.4. The molecule has 0 radical (unpaired) electrons. The number of nitrogens with zero attached hydrogens (tertiary/aromatic N) is 2. The third kappa shape index (κ3) is 3.70. The number of aryl methyl sites for hydroxylation is 2. The van der Waals surface area contributed by atoms with E-state index in [0.29, 0.717) is 34.2 Å². The zero-order chi connectivity index (χ0) is 20.1. The van der Waals surface area contributed by atoms with Crippen molar-refractivity contribution in [1.82, 2.24) is 15.0 Å². The van der Waals surface area contributed by atoms with E-state index in [9.17, 15) is 13.2 Å². The second-order valence-electron chi connectivity index (χ2n) is 7.23. The molecule has 3 N–H and O–H groups in total. The molecular formula is C19H21N5O3S. The maximum absolute atomic E-state index is 12.2. The number of nitrogens with one attached hydrogen (secondary N) is 3. The SMILES string of the molecule is Cc1ccc(Nc2cc(NC(=O)C3CC3)nc3[nH]c(C)nc23)c(S(C)(=O)=O)c1. The molecule has 3 aromatic rings. The van der Waals surface area contributed by atoms with Crippen molar-refractivity contribution >= 4 is 44.1 Å². The highest BCUT2D eigenvalue weighted by Gasteiger charge is 2.30. The van der Waals surface area contributed by atoms with Gasteiger partial charge in [0.15, 0.2) is 15.5 Å². The monoisotopic (exact) mass is 399 g/mol. The van der Waals surface area contributed by atoms with Crippen LogP contribution in [0.3, 0.4) is 0 Å². The summed E-state index contributed by atoms with van der Waals surface area (Å²) in [4.78, 5) is 24.3. The van der Waals surface area contributed by atoms with E-state index in [0.717, 1.165) is 18.4 Å². The lowest BCUT2D eigenvalue weighted by Gasteiger charge is -2.13. The zero-order valence-corrected chi connectivity index (χ0v) is 16.6. The van der Waals surface area contributed by atoms with E-state index in [2.05, 4.69) is 25.6 Å². The fraction of sp³-hybridized carbons (Fsp3) is 0.316. The highest BCUT2D eigenvalue weighted by atomic mass is 32.2. The van der Waals surface area contributed by atoms with Gasteiger partial charge in [-0.3, -0.25) is 4.79 Å². The van der Waals surface area contributed by atoms with E-state index in [1.807, 2.05) is 19.9 Å². The summed E-state index contributed by atoms with van der Waals surface area (Å²) in [6, 6.07) is 6.86. The molecule has 0 atom stereocenters. The van der Waals surface area contributed by atoms with Gasteiger partial charge in [0.25, 0.3) is 0 Å². The molecule has 0 unspecified atom stereocenters. The Hall–Kier alpha value is -2.94. The minimum Gasteiger partial charge on any atom is -0.352 e. The van der Waals surface area contributed by atoms with Crippen LogP contribution in [0.25, 0.3) is 11.2 Å². The number of anilines is 3. The molecule has 8 nitrogen and oxygen atoms in total. The molecule has 1 saturated carbocycles. The normalized spacial score (nSPS) is 14.2. The van der Waals surface area contributed by atoms with Gasteiger partial charge in [0, 0.05) is 18.2 Å². The molecule has 2 aromatic heterocycles. The predicted octanol–water partition coefficient (Wildman–Crippen LogP) is 3.07. The van der Waals surface area contributed by atoms with Crippen molar-refractivity contribution in [3.8, 4) is 0 Å². The van der Waals surface area contributed by atoms with Crippen LogP contribution < -0.4 is 10.6 Å². The molecule has 1 amide bonds. The average molecular weight is 399 g/mol. The molecule has 0 saturated heterocycles. The van der Waals surface area contributed by atoms with Crippen LogP contribution >= 0.6 is 0 Å². The lowest BCUT2D eigenvalue weighted by molar-refractivity contribution is -0.117. The average Bonchev–Trinajstić information content (AvgIpc) is 3.38. The number of H-pyrrole nitrogens is 1. The lowest BCUT2D eigenvalue weighted by Crippen LogP contribution is -2.14. The second kappa shape index (κ2) is 6.59. The molecule has 2 heterocycles. The Morgan fingerprint density at radius 2 is 1.89 bits per heavy atom. The van der Waals surface area contributed by atoms with Gasteiger partial charge in [-0.05, 0) is 44.4 Å². The largest absolute Gasteiger partial charge is 0.352 e. The van der Waals surface area contributed by atoms with Gasteiger partial charge in [-0.2, -0.15) is 0 Å². The number of aromatic nitrogens is 3. The van der Waals surface area contributed by atoms with Crippen LogP contribution in [0.4, 0.5) is 17.2 Å². The topological polar surface area (TPSA) is 117 Å². The number of rotatable bonds is 5. The van der Waals surface area contributed by atoms with Crippen molar-refractivity contribution < 1.29 is 13.2 Å². The number of pyridine rings is 1. The Labute approximate surface area is 162 Å². The van der Waals surface area contributed by atoms with E-state index in [1.165, 1.54) is 6.26 Å². The number of carbonyl (C=O) groups excluding carboxylic acids is 1. The number of fused-ring (bicyclic) bond motifs is 1. The van der Waals surface area contributed by atoms with Gasteiger partial charge in [-0.25, -0.2) is 18.4 Å². The van der Waals surface area contributed by atoms with Gasteiger partial charge in [0.2, 0.25) is 5.91 Å². The quantitative estimate of drug-likeness (QED) is 0.607. The Kier molecular flexibility index (Phi) is 4.34. The van der Waals surface area contributed by atoms with Crippen LogP contribution in [0, 0.1) is 19.8 Å². The van der Waals surface area contributed by atoms with Crippen molar-refractivity contribution in [1.29, 1.82) is 0 Å². The van der Waals surface area contributed by atoms with E-state index in [1.54, 1.807) is 18.2 Å². The van der Waals surface area contributed by atoms with Gasteiger partial charge in [-0.1, -0.05) is 6.07 Å². The smallest absolute Gasteiger partial charge is 0.228 e. The maximum atomic E-state index is 12.2. The molecule has 9 heteroatoms. The highest BCUT2D eigenvalue weighted by molar-refractivity contribution is 7.90. The van der Waals surface area contributed by atoms with Crippen LogP contribution in [0.2, 0.25) is 0 Å². The fourth-order valence-electron chi connectivity index (χ4n) is 3.02.